The number of likely N-dealkylation sites (tertiary alicyclic amines) is 1. The highest BCUT2D eigenvalue weighted by atomic mass is 16.3. The predicted molar refractivity (Wildman–Crippen MR) is 86.1 cm³/mol. The third-order valence-electron chi connectivity index (χ3n) is 4.67. The number of H-pyrrole nitrogens is 1. The summed E-state index contributed by atoms with van der Waals surface area (Å²) in [5, 5.41) is 9.87. The van der Waals surface area contributed by atoms with Crippen molar-refractivity contribution in [3.05, 3.63) is 30.2 Å². The van der Waals surface area contributed by atoms with E-state index in [1.165, 1.54) is 0 Å². The number of hydrogen-bond acceptors (Lipinski definition) is 4. The molecule has 2 aromatic rings. The Hall–Kier alpha value is -2.57. The van der Waals surface area contributed by atoms with E-state index in [0.717, 1.165) is 38.8 Å². The van der Waals surface area contributed by atoms with Gasteiger partial charge in [-0.3, -0.25) is 14.7 Å². The van der Waals surface area contributed by atoms with Gasteiger partial charge in [0.2, 0.25) is 5.91 Å². The van der Waals surface area contributed by atoms with Crippen LogP contribution < -0.4 is 5.32 Å². The zero-order chi connectivity index (χ0) is 16.5. The van der Waals surface area contributed by atoms with Gasteiger partial charge in [0, 0.05) is 31.1 Å². The van der Waals surface area contributed by atoms with Gasteiger partial charge in [-0.25, -0.2) is 0 Å². The third-order valence-corrected chi connectivity index (χ3v) is 4.67. The standard InChI is InChI=1S/C17H20N4O3/c22-16(14-10-13(19-20-14)15-2-1-9-24-15)18-12-5-7-21(8-6-12)17(23)11-3-4-11/h1-2,9-12H,3-8H2,(H,18,22)(H,19,20). The van der Waals surface area contributed by atoms with Gasteiger partial charge >= 0.3 is 0 Å². The number of amides is 2. The minimum Gasteiger partial charge on any atom is -0.463 e. The summed E-state index contributed by atoms with van der Waals surface area (Å²) in [4.78, 5) is 26.3. The third kappa shape index (κ3) is 3.06. The summed E-state index contributed by atoms with van der Waals surface area (Å²) in [6.45, 7) is 1.44. The van der Waals surface area contributed by atoms with Gasteiger partial charge < -0.3 is 14.6 Å². The van der Waals surface area contributed by atoms with Gasteiger partial charge in [0.05, 0.1) is 6.26 Å². The number of aromatic nitrogens is 2. The van der Waals surface area contributed by atoms with E-state index in [-0.39, 0.29) is 23.8 Å². The maximum absolute atomic E-state index is 12.3. The Labute approximate surface area is 139 Å². The second-order valence-electron chi connectivity index (χ2n) is 6.49. The fraction of sp³-hybridized carbons (Fsp3) is 0.471. The molecule has 0 unspecified atom stereocenters. The summed E-state index contributed by atoms with van der Waals surface area (Å²) >= 11 is 0. The molecule has 0 aromatic carbocycles. The largest absolute Gasteiger partial charge is 0.463 e. The van der Waals surface area contributed by atoms with Gasteiger partial charge in [-0.1, -0.05) is 0 Å². The lowest BCUT2D eigenvalue weighted by Crippen LogP contribution is -2.47. The lowest BCUT2D eigenvalue weighted by Gasteiger charge is -2.32. The molecular weight excluding hydrogens is 308 g/mol. The van der Waals surface area contributed by atoms with Gasteiger partial charge in [0.15, 0.2) is 11.5 Å². The molecule has 1 aliphatic carbocycles. The van der Waals surface area contributed by atoms with Crippen molar-refractivity contribution in [1.82, 2.24) is 20.4 Å². The quantitative estimate of drug-likeness (QED) is 0.895. The first-order valence-electron chi connectivity index (χ1n) is 8.39. The van der Waals surface area contributed by atoms with Crippen molar-refractivity contribution in [3.8, 4) is 11.5 Å². The molecule has 1 saturated carbocycles. The van der Waals surface area contributed by atoms with Crippen LogP contribution in [-0.4, -0.2) is 46.0 Å². The zero-order valence-corrected chi connectivity index (χ0v) is 13.3. The molecule has 0 radical (unpaired) electrons. The van der Waals surface area contributed by atoms with E-state index in [1.54, 1.807) is 18.4 Å². The summed E-state index contributed by atoms with van der Waals surface area (Å²) in [5.41, 5.74) is 1.02. The molecule has 2 N–H and O–H groups in total. The topological polar surface area (TPSA) is 91.2 Å². The first-order valence-corrected chi connectivity index (χ1v) is 8.39. The molecule has 2 amide bonds. The Morgan fingerprint density at radius 3 is 2.71 bits per heavy atom. The Bertz CT molecular complexity index is 725. The number of furan rings is 1. The predicted octanol–water partition coefficient (Wildman–Crippen LogP) is 1.80. The molecule has 1 saturated heterocycles. The fourth-order valence-electron chi connectivity index (χ4n) is 3.09. The van der Waals surface area contributed by atoms with Gasteiger partial charge in [-0.05, 0) is 37.8 Å². The van der Waals surface area contributed by atoms with Crippen LogP contribution in [0.4, 0.5) is 0 Å². The minimum atomic E-state index is -0.198. The van der Waals surface area contributed by atoms with Crippen molar-refractivity contribution in [2.45, 2.75) is 31.7 Å². The molecule has 7 heteroatoms. The molecule has 2 fully saturated rings. The van der Waals surface area contributed by atoms with Gasteiger partial charge in [0.1, 0.15) is 5.69 Å². The van der Waals surface area contributed by atoms with Crippen LogP contribution in [0.5, 0.6) is 0 Å². The molecule has 0 spiro atoms. The van der Waals surface area contributed by atoms with E-state index in [1.807, 2.05) is 11.0 Å². The average Bonchev–Trinajstić information content (AvgIpc) is 3.10. The number of carbonyl (C=O) groups excluding carboxylic acids is 2. The average molecular weight is 328 g/mol. The molecular formula is C17H20N4O3. The molecule has 0 atom stereocenters. The highest BCUT2D eigenvalue weighted by molar-refractivity contribution is 5.93. The number of piperidine rings is 1. The van der Waals surface area contributed by atoms with Crippen LogP contribution in [0.15, 0.2) is 28.9 Å². The lowest BCUT2D eigenvalue weighted by atomic mass is 10.0. The number of nitrogens with one attached hydrogen (secondary N) is 2. The second kappa shape index (κ2) is 6.14. The molecule has 2 aliphatic rings. The summed E-state index contributed by atoms with van der Waals surface area (Å²) in [6.07, 6.45) is 5.23. The van der Waals surface area contributed by atoms with Crippen molar-refractivity contribution in [3.63, 3.8) is 0 Å². The Morgan fingerprint density at radius 1 is 1.25 bits per heavy atom. The monoisotopic (exact) mass is 328 g/mol. The molecule has 7 nitrogen and oxygen atoms in total. The van der Waals surface area contributed by atoms with E-state index in [9.17, 15) is 9.59 Å². The summed E-state index contributed by atoms with van der Waals surface area (Å²) in [6, 6.07) is 5.36. The van der Waals surface area contributed by atoms with Crippen molar-refractivity contribution in [2.24, 2.45) is 5.92 Å². The maximum Gasteiger partial charge on any atom is 0.272 e. The van der Waals surface area contributed by atoms with Crippen LogP contribution in [0.3, 0.4) is 0 Å². The zero-order valence-electron chi connectivity index (χ0n) is 13.3. The van der Waals surface area contributed by atoms with Crippen LogP contribution in [-0.2, 0) is 4.79 Å². The summed E-state index contributed by atoms with van der Waals surface area (Å²) in [5.74, 6) is 1.000. The summed E-state index contributed by atoms with van der Waals surface area (Å²) in [7, 11) is 0. The van der Waals surface area contributed by atoms with E-state index in [0.29, 0.717) is 17.1 Å². The molecule has 24 heavy (non-hydrogen) atoms. The fourth-order valence-corrected chi connectivity index (χ4v) is 3.09. The maximum atomic E-state index is 12.3. The molecule has 4 rings (SSSR count). The van der Waals surface area contributed by atoms with Crippen molar-refractivity contribution >= 4 is 11.8 Å². The molecule has 2 aromatic heterocycles. The SMILES string of the molecule is O=C(NC1CCN(C(=O)C2CC2)CC1)c1cc(-c2ccco2)[nH]n1. The molecule has 0 bridgehead atoms. The van der Waals surface area contributed by atoms with Crippen LogP contribution in [0, 0.1) is 5.92 Å². The summed E-state index contributed by atoms with van der Waals surface area (Å²) < 4.78 is 5.28. The van der Waals surface area contributed by atoms with Crippen molar-refractivity contribution in [1.29, 1.82) is 0 Å². The highest BCUT2D eigenvalue weighted by Gasteiger charge is 2.35. The molecule has 1 aliphatic heterocycles. The Kier molecular flexibility index (Phi) is 3.84. The second-order valence-corrected chi connectivity index (χ2v) is 6.49. The lowest BCUT2D eigenvalue weighted by molar-refractivity contribution is -0.133. The van der Waals surface area contributed by atoms with Crippen molar-refractivity contribution in [2.75, 3.05) is 13.1 Å². The number of hydrogen-bond donors (Lipinski definition) is 2. The number of carbonyl (C=O) groups is 2. The van der Waals surface area contributed by atoms with E-state index in [2.05, 4.69) is 15.5 Å². The number of aromatic amines is 1. The van der Waals surface area contributed by atoms with Crippen LogP contribution in [0.25, 0.3) is 11.5 Å². The van der Waals surface area contributed by atoms with Crippen molar-refractivity contribution < 1.29 is 14.0 Å². The van der Waals surface area contributed by atoms with Crippen LogP contribution in [0.1, 0.15) is 36.2 Å². The molecule has 3 heterocycles. The number of rotatable bonds is 4. The van der Waals surface area contributed by atoms with Crippen LogP contribution >= 0.6 is 0 Å². The first kappa shape index (κ1) is 15.0. The van der Waals surface area contributed by atoms with Gasteiger partial charge in [-0.15, -0.1) is 0 Å². The first-order chi connectivity index (χ1) is 11.7. The highest BCUT2D eigenvalue weighted by Crippen LogP contribution is 2.31. The van der Waals surface area contributed by atoms with E-state index >= 15 is 0 Å². The van der Waals surface area contributed by atoms with Gasteiger partial charge in [0.25, 0.3) is 5.91 Å². The molecule has 126 valence electrons. The van der Waals surface area contributed by atoms with Gasteiger partial charge in [-0.2, -0.15) is 5.10 Å². The Balaban J connectivity index is 1.31. The normalized spacial score (nSPS) is 18.6. The smallest absolute Gasteiger partial charge is 0.272 e. The van der Waals surface area contributed by atoms with E-state index in [4.69, 9.17) is 4.42 Å². The Morgan fingerprint density at radius 2 is 2.04 bits per heavy atom. The van der Waals surface area contributed by atoms with Crippen LogP contribution in [0.2, 0.25) is 0 Å². The number of nitrogens with zero attached hydrogens (tertiary/aromatic N) is 2. The minimum absolute atomic E-state index is 0.0875. The van der Waals surface area contributed by atoms with E-state index < -0.39 is 0 Å².